The molecule has 11 atom stereocenters. The van der Waals surface area contributed by atoms with Crippen LogP contribution in [-0.4, -0.2) is 106 Å². The van der Waals surface area contributed by atoms with E-state index in [1.807, 2.05) is 0 Å². The fourth-order valence-electron chi connectivity index (χ4n) is 3.26. The van der Waals surface area contributed by atoms with Gasteiger partial charge in [0.1, 0.15) is 36.6 Å². The van der Waals surface area contributed by atoms with E-state index in [4.69, 9.17) is 37.1 Å². The summed E-state index contributed by atoms with van der Waals surface area (Å²) in [5, 5.41) is 49.4. The van der Waals surface area contributed by atoms with E-state index in [9.17, 15) is 25.5 Å². The van der Waals surface area contributed by atoms with Crippen molar-refractivity contribution >= 4 is 0 Å². The molecule has 2 fully saturated rings. The van der Waals surface area contributed by atoms with Gasteiger partial charge in [-0.25, -0.2) is 0 Å². The van der Waals surface area contributed by atoms with Gasteiger partial charge in [0.2, 0.25) is 0 Å². The van der Waals surface area contributed by atoms with Crippen LogP contribution in [0.3, 0.4) is 0 Å². The highest BCUT2D eigenvalue weighted by Crippen LogP contribution is 2.28. The van der Waals surface area contributed by atoms with E-state index in [1.54, 1.807) is 0 Å². The first-order valence-electron chi connectivity index (χ1n) is 8.47. The highest BCUT2D eigenvalue weighted by atomic mass is 16.7. The third kappa shape index (κ3) is 4.49. The monoisotopic (exact) mass is 382 g/mol. The first kappa shape index (κ1) is 21.8. The molecule has 1 saturated carbocycles. The molecule has 11 unspecified atom stereocenters. The molecule has 0 spiro atoms. The zero-order valence-corrected chi connectivity index (χ0v) is 14.2. The summed E-state index contributed by atoms with van der Waals surface area (Å²) in [4.78, 5) is 0. The average Bonchev–Trinajstić information content (AvgIpc) is 2.61. The summed E-state index contributed by atoms with van der Waals surface area (Å²) in [7, 11) is 0. The number of aliphatic hydroxyl groups excluding tert-OH is 5. The van der Waals surface area contributed by atoms with Gasteiger partial charge in [-0.15, -0.1) is 0 Å². The predicted octanol–water partition coefficient (Wildman–Crippen LogP) is -5.78. The smallest absolute Gasteiger partial charge is 0.186 e. The molecule has 12 nitrogen and oxygen atoms in total. The van der Waals surface area contributed by atoms with Crippen LogP contribution in [-0.2, 0) is 14.2 Å². The lowest BCUT2D eigenvalue weighted by molar-refractivity contribution is -0.308. The fourth-order valence-corrected chi connectivity index (χ4v) is 3.26. The Morgan fingerprint density at radius 3 is 2.19 bits per heavy atom. The number of ether oxygens (including phenoxy) is 3. The van der Waals surface area contributed by atoms with Crippen LogP contribution < -0.4 is 22.9 Å². The van der Waals surface area contributed by atoms with Crippen molar-refractivity contribution in [1.29, 1.82) is 0 Å². The third-order valence-corrected chi connectivity index (χ3v) is 4.81. The Morgan fingerprint density at radius 1 is 1.00 bits per heavy atom. The van der Waals surface area contributed by atoms with Crippen molar-refractivity contribution in [3.63, 3.8) is 0 Å². The summed E-state index contributed by atoms with van der Waals surface area (Å²) in [5.41, 5.74) is 23.0. The molecule has 0 aromatic carbocycles. The van der Waals surface area contributed by atoms with Gasteiger partial charge < -0.3 is 62.7 Å². The number of nitrogens with two attached hydrogens (primary N) is 4. The minimum absolute atomic E-state index is 0.192. The van der Waals surface area contributed by atoms with Gasteiger partial charge in [0, 0.05) is 18.6 Å². The Bertz CT molecular complexity index is 447. The van der Waals surface area contributed by atoms with Gasteiger partial charge in [-0.1, -0.05) is 0 Å². The largest absolute Gasteiger partial charge is 0.394 e. The second-order valence-corrected chi connectivity index (χ2v) is 6.73. The van der Waals surface area contributed by atoms with E-state index in [-0.39, 0.29) is 13.0 Å². The molecule has 1 aliphatic heterocycles. The topological polar surface area (TPSA) is 233 Å². The molecule has 12 heteroatoms. The molecule has 0 amide bonds. The Kier molecular flexibility index (Phi) is 7.67. The molecule has 1 heterocycles. The third-order valence-electron chi connectivity index (χ3n) is 4.81. The van der Waals surface area contributed by atoms with E-state index in [0.29, 0.717) is 0 Å². The number of rotatable bonds is 6. The van der Waals surface area contributed by atoms with Crippen molar-refractivity contribution in [2.45, 2.75) is 73.8 Å². The van der Waals surface area contributed by atoms with Gasteiger partial charge in [0.15, 0.2) is 12.6 Å². The summed E-state index contributed by atoms with van der Waals surface area (Å²) in [5.74, 6) is 0. The summed E-state index contributed by atoms with van der Waals surface area (Å²) < 4.78 is 16.2. The molecule has 0 aromatic heterocycles. The van der Waals surface area contributed by atoms with Gasteiger partial charge in [-0.2, -0.15) is 0 Å². The maximum atomic E-state index is 10.5. The van der Waals surface area contributed by atoms with Crippen molar-refractivity contribution in [1.82, 2.24) is 0 Å². The second-order valence-electron chi connectivity index (χ2n) is 6.73. The Hall–Kier alpha value is -0.480. The zero-order valence-electron chi connectivity index (χ0n) is 14.2. The highest BCUT2D eigenvalue weighted by molar-refractivity contribution is 5.00. The van der Waals surface area contributed by atoms with Gasteiger partial charge in [0.05, 0.1) is 12.6 Å². The Morgan fingerprint density at radius 2 is 1.62 bits per heavy atom. The van der Waals surface area contributed by atoms with Crippen LogP contribution in [0, 0.1) is 0 Å². The Labute approximate surface area is 150 Å². The van der Waals surface area contributed by atoms with Gasteiger partial charge in [0.25, 0.3) is 0 Å². The molecule has 1 aliphatic carbocycles. The molecule has 154 valence electrons. The van der Waals surface area contributed by atoms with Crippen LogP contribution in [0.15, 0.2) is 0 Å². The molecule has 13 N–H and O–H groups in total. The number of hydrogen-bond acceptors (Lipinski definition) is 12. The summed E-state index contributed by atoms with van der Waals surface area (Å²) >= 11 is 0. The number of aliphatic hydroxyl groups is 5. The first-order chi connectivity index (χ1) is 12.2. The van der Waals surface area contributed by atoms with Crippen LogP contribution in [0.2, 0.25) is 0 Å². The molecule has 0 bridgehead atoms. The summed E-state index contributed by atoms with van der Waals surface area (Å²) in [6.07, 6.45) is -9.66. The van der Waals surface area contributed by atoms with E-state index < -0.39 is 73.9 Å². The van der Waals surface area contributed by atoms with Gasteiger partial charge in [-0.3, -0.25) is 0 Å². The van der Waals surface area contributed by atoms with Crippen molar-refractivity contribution in [2.24, 2.45) is 22.9 Å². The summed E-state index contributed by atoms with van der Waals surface area (Å²) in [6, 6.07) is -2.52. The lowest BCUT2D eigenvalue weighted by atomic mass is 9.84. The lowest BCUT2D eigenvalue weighted by Crippen LogP contribution is -2.67. The van der Waals surface area contributed by atoms with Gasteiger partial charge >= 0.3 is 0 Å². The van der Waals surface area contributed by atoms with E-state index >= 15 is 0 Å². The molecular formula is C14H30N4O8. The molecule has 1 saturated heterocycles. The van der Waals surface area contributed by atoms with E-state index in [2.05, 4.69) is 0 Å². The minimum Gasteiger partial charge on any atom is -0.394 e. The Balaban J connectivity index is 2.10. The van der Waals surface area contributed by atoms with Crippen LogP contribution in [0.4, 0.5) is 0 Å². The average molecular weight is 382 g/mol. The second kappa shape index (κ2) is 9.14. The minimum atomic E-state index is -1.42. The normalized spacial score (nSPS) is 48.3. The maximum Gasteiger partial charge on any atom is 0.186 e. The first-order valence-corrected chi connectivity index (χ1v) is 8.47. The van der Waals surface area contributed by atoms with E-state index in [0.717, 1.165) is 0 Å². The van der Waals surface area contributed by atoms with Crippen molar-refractivity contribution in [3.05, 3.63) is 0 Å². The highest BCUT2D eigenvalue weighted by Gasteiger charge is 2.49. The molecule has 26 heavy (non-hydrogen) atoms. The molecule has 2 aliphatic rings. The van der Waals surface area contributed by atoms with E-state index in [1.165, 1.54) is 0 Å². The quantitative estimate of drug-likeness (QED) is 0.195. The van der Waals surface area contributed by atoms with Crippen molar-refractivity contribution in [2.75, 3.05) is 13.2 Å². The number of hydrogen-bond donors (Lipinski definition) is 9. The SMILES string of the molecule is NCC(O)OC1C(N)CC(N)C(OC2OC(CO)C(O)C(N)C2O)C1O. The van der Waals surface area contributed by atoms with Gasteiger partial charge in [-0.05, 0) is 6.42 Å². The van der Waals surface area contributed by atoms with Crippen LogP contribution in [0.5, 0.6) is 0 Å². The predicted molar refractivity (Wildman–Crippen MR) is 87.1 cm³/mol. The lowest BCUT2D eigenvalue weighted by Gasteiger charge is -2.46. The molecule has 2 rings (SSSR count). The van der Waals surface area contributed by atoms with Crippen LogP contribution in [0.1, 0.15) is 6.42 Å². The standard InChI is InChI=1S/C14H30N4O8/c15-2-7(20)25-12-4(16)1-5(17)13(11(12)23)26-14-10(22)8(18)9(21)6(3-19)24-14/h4-14,19-23H,1-3,15-18H2. The fraction of sp³-hybridized carbons (Fsp3) is 1.00. The maximum absolute atomic E-state index is 10.5. The zero-order chi connectivity index (χ0) is 19.6. The van der Waals surface area contributed by atoms with Crippen LogP contribution >= 0.6 is 0 Å². The molecular weight excluding hydrogens is 352 g/mol. The molecule has 0 aromatic rings. The van der Waals surface area contributed by atoms with Crippen molar-refractivity contribution < 1.29 is 39.7 Å². The molecule has 0 radical (unpaired) electrons. The van der Waals surface area contributed by atoms with Crippen LogP contribution in [0.25, 0.3) is 0 Å². The summed E-state index contributed by atoms with van der Waals surface area (Å²) in [6.45, 7) is -0.733. The van der Waals surface area contributed by atoms with Crippen molar-refractivity contribution in [3.8, 4) is 0 Å².